The van der Waals surface area contributed by atoms with Gasteiger partial charge in [-0.05, 0) is 24.1 Å². The molecular formula is C9H11NOS. The van der Waals surface area contributed by atoms with Crippen LogP contribution in [0.25, 0.3) is 0 Å². The van der Waals surface area contributed by atoms with Gasteiger partial charge in [-0.15, -0.1) is 0 Å². The highest BCUT2D eigenvalue weighted by Gasteiger charge is 1.95. The molecule has 2 nitrogen and oxygen atoms in total. The molecule has 0 aliphatic rings. The van der Waals surface area contributed by atoms with Gasteiger partial charge in [0.05, 0.1) is 0 Å². The zero-order chi connectivity index (χ0) is 8.81. The third-order valence-electron chi connectivity index (χ3n) is 1.45. The van der Waals surface area contributed by atoms with E-state index in [4.69, 9.17) is 0 Å². The van der Waals surface area contributed by atoms with Crippen molar-refractivity contribution in [3.05, 3.63) is 30.1 Å². The van der Waals surface area contributed by atoms with Crippen molar-refractivity contribution in [2.24, 2.45) is 0 Å². The molecule has 0 bridgehead atoms. The molecular weight excluding hydrogens is 170 g/mol. The predicted octanol–water partition coefficient (Wildman–Crippen LogP) is 1.90. The number of carbonyl (C=O) groups excluding carboxylic acids is 1. The van der Waals surface area contributed by atoms with E-state index >= 15 is 0 Å². The van der Waals surface area contributed by atoms with Crippen LogP contribution < -0.4 is 0 Å². The van der Waals surface area contributed by atoms with Gasteiger partial charge < -0.3 is 0 Å². The first-order valence-electron chi connectivity index (χ1n) is 3.81. The van der Waals surface area contributed by atoms with Crippen LogP contribution in [0.15, 0.2) is 24.5 Å². The Labute approximate surface area is 76.4 Å². The van der Waals surface area contributed by atoms with Crippen molar-refractivity contribution in [3.8, 4) is 0 Å². The number of hydrogen-bond acceptors (Lipinski definition) is 3. The molecule has 1 heterocycles. The molecule has 0 aliphatic carbocycles. The van der Waals surface area contributed by atoms with E-state index in [1.165, 1.54) is 17.3 Å². The van der Waals surface area contributed by atoms with E-state index in [0.29, 0.717) is 0 Å². The summed E-state index contributed by atoms with van der Waals surface area (Å²) >= 11 is 1.37. The second-order valence-electron chi connectivity index (χ2n) is 2.45. The van der Waals surface area contributed by atoms with E-state index in [1.54, 1.807) is 19.3 Å². The zero-order valence-electron chi connectivity index (χ0n) is 6.99. The summed E-state index contributed by atoms with van der Waals surface area (Å²) in [7, 11) is 0. The SMILES string of the molecule is CC(=O)SCCc1ccncc1. The summed E-state index contributed by atoms with van der Waals surface area (Å²) in [5.74, 6) is 0.860. The molecule has 1 rings (SSSR count). The third-order valence-corrected chi connectivity index (χ3v) is 2.26. The van der Waals surface area contributed by atoms with Crippen molar-refractivity contribution in [1.29, 1.82) is 0 Å². The van der Waals surface area contributed by atoms with Gasteiger partial charge in [0.1, 0.15) is 0 Å². The van der Waals surface area contributed by atoms with Gasteiger partial charge in [0, 0.05) is 25.1 Å². The van der Waals surface area contributed by atoms with Crippen LogP contribution in [-0.2, 0) is 11.2 Å². The summed E-state index contributed by atoms with van der Waals surface area (Å²) in [6, 6.07) is 3.95. The molecule has 0 unspecified atom stereocenters. The van der Waals surface area contributed by atoms with Crippen molar-refractivity contribution in [2.75, 3.05) is 5.75 Å². The fraction of sp³-hybridized carbons (Fsp3) is 0.333. The van der Waals surface area contributed by atoms with Crippen LogP contribution >= 0.6 is 11.8 Å². The number of carbonyl (C=O) groups is 1. The standard InChI is InChI=1S/C9H11NOS/c1-8(11)12-7-4-9-2-5-10-6-3-9/h2-3,5-6H,4,7H2,1H3. The minimum absolute atomic E-state index is 0.184. The largest absolute Gasteiger partial charge is 0.288 e. The van der Waals surface area contributed by atoms with E-state index in [1.807, 2.05) is 12.1 Å². The van der Waals surface area contributed by atoms with Crippen molar-refractivity contribution in [3.63, 3.8) is 0 Å². The van der Waals surface area contributed by atoms with Crippen molar-refractivity contribution in [2.45, 2.75) is 13.3 Å². The van der Waals surface area contributed by atoms with Crippen LogP contribution in [0, 0.1) is 0 Å². The third kappa shape index (κ3) is 3.53. The molecule has 0 saturated carbocycles. The van der Waals surface area contributed by atoms with Crippen molar-refractivity contribution >= 4 is 16.9 Å². The number of thioether (sulfide) groups is 1. The summed E-state index contributed by atoms with van der Waals surface area (Å²) in [5, 5.41) is 0.184. The Hall–Kier alpha value is -0.830. The Balaban J connectivity index is 2.29. The van der Waals surface area contributed by atoms with Gasteiger partial charge in [0.15, 0.2) is 5.12 Å². The Kier molecular flexibility index (Phi) is 3.80. The summed E-state index contributed by atoms with van der Waals surface area (Å²) < 4.78 is 0. The molecule has 0 amide bonds. The molecule has 0 saturated heterocycles. The lowest BCUT2D eigenvalue weighted by Gasteiger charge is -1.97. The number of aromatic nitrogens is 1. The van der Waals surface area contributed by atoms with E-state index in [9.17, 15) is 4.79 Å². The van der Waals surface area contributed by atoms with Crippen LogP contribution in [0.2, 0.25) is 0 Å². The molecule has 0 fully saturated rings. The number of hydrogen-bond donors (Lipinski definition) is 0. The zero-order valence-corrected chi connectivity index (χ0v) is 7.80. The van der Waals surface area contributed by atoms with Crippen LogP contribution in [0.1, 0.15) is 12.5 Å². The van der Waals surface area contributed by atoms with Gasteiger partial charge in [-0.25, -0.2) is 0 Å². The van der Waals surface area contributed by atoms with Crippen LogP contribution in [0.4, 0.5) is 0 Å². The van der Waals surface area contributed by atoms with Crippen LogP contribution in [0.5, 0.6) is 0 Å². The average Bonchev–Trinajstić information content (AvgIpc) is 2.05. The van der Waals surface area contributed by atoms with Gasteiger partial charge in [-0.3, -0.25) is 9.78 Å². The van der Waals surface area contributed by atoms with Crippen LogP contribution in [0.3, 0.4) is 0 Å². The molecule has 0 radical (unpaired) electrons. The van der Waals surface area contributed by atoms with Gasteiger partial charge in [-0.1, -0.05) is 11.8 Å². The Morgan fingerprint density at radius 1 is 1.50 bits per heavy atom. The minimum Gasteiger partial charge on any atom is -0.288 e. The lowest BCUT2D eigenvalue weighted by Crippen LogP contribution is -1.91. The van der Waals surface area contributed by atoms with Gasteiger partial charge >= 0.3 is 0 Å². The number of aryl methyl sites for hydroxylation is 1. The first kappa shape index (κ1) is 9.26. The fourth-order valence-corrected chi connectivity index (χ4v) is 1.49. The molecule has 1 aromatic heterocycles. The number of rotatable bonds is 3. The van der Waals surface area contributed by atoms with E-state index in [0.717, 1.165) is 12.2 Å². The molecule has 0 aliphatic heterocycles. The maximum absolute atomic E-state index is 10.6. The average molecular weight is 181 g/mol. The van der Waals surface area contributed by atoms with Crippen LogP contribution in [-0.4, -0.2) is 15.9 Å². The molecule has 3 heteroatoms. The smallest absolute Gasteiger partial charge is 0.185 e. The predicted molar refractivity (Wildman–Crippen MR) is 51.1 cm³/mol. The number of nitrogens with zero attached hydrogens (tertiary/aromatic N) is 1. The monoisotopic (exact) mass is 181 g/mol. The molecule has 64 valence electrons. The fourth-order valence-electron chi connectivity index (χ4n) is 0.862. The second kappa shape index (κ2) is 4.93. The Bertz CT molecular complexity index is 248. The topological polar surface area (TPSA) is 30.0 Å². The summed E-state index contributed by atoms with van der Waals surface area (Å²) in [6.45, 7) is 1.59. The lowest BCUT2D eigenvalue weighted by molar-refractivity contribution is -0.109. The van der Waals surface area contributed by atoms with Crippen molar-refractivity contribution in [1.82, 2.24) is 4.98 Å². The van der Waals surface area contributed by atoms with E-state index in [2.05, 4.69) is 4.98 Å². The molecule has 0 aromatic carbocycles. The highest BCUT2D eigenvalue weighted by atomic mass is 32.2. The maximum atomic E-state index is 10.6. The first-order valence-corrected chi connectivity index (χ1v) is 4.80. The first-order chi connectivity index (χ1) is 5.79. The quantitative estimate of drug-likeness (QED) is 0.713. The molecule has 0 N–H and O–H groups in total. The Morgan fingerprint density at radius 2 is 2.17 bits per heavy atom. The Morgan fingerprint density at radius 3 is 2.75 bits per heavy atom. The highest BCUT2D eigenvalue weighted by molar-refractivity contribution is 8.13. The van der Waals surface area contributed by atoms with Crippen molar-refractivity contribution < 1.29 is 4.79 Å². The molecule has 1 aromatic rings. The normalized spacial score (nSPS) is 9.75. The summed E-state index contributed by atoms with van der Waals surface area (Å²) in [4.78, 5) is 14.5. The maximum Gasteiger partial charge on any atom is 0.185 e. The van der Waals surface area contributed by atoms with Gasteiger partial charge in [0.25, 0.3) is 0 Å². The van der Waals surface area contributed by atoms with E-state index in [-0.39, 0.29) is 5.12 Å². The van der Waals surface area contributed by atoms with E-state index < -0.39 is 0 Å². The second-order valence-corrected chi connectivity index (χ2v) is 3.72. The lowest BCUT2D eigenvalue weighted by atomic mass is 10.2. The molecule has 0 spiro atoms. The van der Waals surface area contributed by atoms with Gasteiger partial charge in [-0.2, -0.15) is 0 Å². The molecule has 0 atom stereocenters. The van der Waals surface area contributed by atoms with Gasteiger partial charge in [0.2, 0.25) is 0 Å². The minimum atomic E-state index is 0.184. The summed E-state index contributed by atoms with van der Waals surface area (Å²) in [5.41, 5.74) is 1.23. The summed E-state index contributed by atoms with van der Waals surface area (Å²) in [6.07, 6.45) is 4.48. The molecule has 12 heavy (non-hydrogen) atoms. The highest BCUT2D eigenvalue weighted by Crippen LogP contribution is 2.06. The number of pyridine rings is 1.